The highest BCUT2D eigenvalue weighted by Gasteiger charge is 2.06. The Morgan fingerprint density at radius 3 is 3.00 bits per heavy atom. The molecule has 0 fully saturated rings. The molecule has 0 aromatic carbocycles. The van der Waals surface area contributed by atoms with Crippen LogP contribution in [0, 0.1) is 0 Å². The zero-order valence-corrected chi connectivity index (χ0v) is 7.58. The minimum atomic E-state index is -0.446. The maximum absolute atomic E-state index is 11.5. The molecule has 6 heteroatoms. The van der Waals surface area contributed by atoms with Gasteiger partial charge in [-0.15, -0.1) is 0 Å². The molecule has 0 aliphatic rings. The van der Waals surface area contributed by atoms with Gasteiger partial charge in [0.1, 0.15) is 5.52 Å². The second kappa shape index (κ2) is 3.19. The van der Waals surface area contributed by atoms with E-state index in [9.17, 15) is 9.59 Å². The van der Waals surface area contributed by atoms with Crippen molar-refractivity contribution >= 4 is 28.9 Å². The van der Waals surface area contributed by atoms with E-state index < -0.39 is 5.43 Å². The molecule has 2 aromatic rings. The molecule has 0 spiro atoms. The third-order valence-corrected chi connectivity index (χ3v) is 1.93. The van der Waals surface area contributed by atoms with Gasteiger partial charge in [-0.3, -0.25) is 9.59 Å². The molecule has 1 N–H and O–H groups in total. The van der Waals surface area contributed by atoms with E-state index in [1.165, 1.54) is 12.4 Å². The first kappa shape index (κ1) is 8.83. The standard InChI is InChI=1S/C8H4ClN3O2/c9-8-11-2-5-6(12-8)7(14)4(3-13)1-10-5/h1-3H,(H,10,14). The van der Waals surface area contributed by atoms with Gasteiger partial charge in [-0.2, -0.15) is 0 Å². The Morgan fingerprint density at radius 2 is 2.29 bits per heavy atom. The monoisotopic (exact) mass is 209 g/mol. The number of hydrogen-bond donors (Lipinski definition) is 1. The van der Waals surface area contributed by atoms with E-state index >= 15 is 0 Å². The second-order valence-electron chi connectivity index (χ2n) is 2.59. The summed E-state index contributed by atoms with van der Waals surface area (Å²) in [6, 6.07) is 0. The number of aldehydes is 1. The number of carbonyl (C=O) groups excluding carboxylic acids is 1. The highest BCUT2D eigenvalue weighted by molar-refractivity contribution is 6.28. The number of nitrogens with one attached hydrogen (secondary N) is 1. The van der Waals surface area contributed by atoms with E-state index in [2.05, 4.69) is 15.0 Å². The number of H-pyrrole nitrogens is 1. The van der Waals surface area contributed by atoms with Crippen LogP contribution in [0.5, 0.6) is 0 Å². The minimum Gasteiger partial charge on any atom is -0.358 e. The van der Waals surface area contributed by atoms with Crippen LogP contribution in [-0.2, 0) is 0 Å². The van der Waals surface area contributed by atoms with Crippen LogP contribution >= 0.6 is 11.6 Å². The van der Waals surface area contributed by atoms with Crippen LogP contribution in [0.15, 0.2) is 17.2 Å². The van der Waals surface area contributed by atoms with Gasteiger partial charge in [-0.25, -0.2) is 9.97 Å². The Kier molecular flexibility index (Phi) is 2.01. The summed E-state index contributed by atoms with van der Waals surface area (Å²) in [7, 11) is 0. The molecular formula is C8H4ClN3O2. The lowest BCUT2D eigenvalue weighted by Crippen LogP contribution is -2.11. The lowest BCUT2D eigenvalue weighted by Gasteiger charge is -1.96. The molecule has 2 aromatic heterocycles. The van der Waals surface area contributed by atoms with Crippen LogP contribution < -0.4 is 5.43 Å². The summed E-state index contributed by atoms with van der Waals surface area (Å²) in [4.78, 5) is 32.1. The Balaban J connectivity index is 2.93. The predicted molar refractivity (Wildman–Crippen MR) is 50.6 cm³/mol. The van der Waals surface area contributed by atoms with Gasteiger partial charge in [0.05, 0.1) is 17.3 Å². The van der Waals surface area contributed by atoms with Crippen LogP contribution in [-0.4, -0.2) is 21.2 Å². The van der Waals surface area contributed by atoms with Crippen molar-refractivity contribution in [1.82, 2.24) is 15.0 Å². The van der Waals surface area contributed by atoms with Crippen molar-refractivity contribution in [2.75, 3.05) is 0 Å². The maximum atomic E-state index is 11.5. The second-order valence-corrected chi connectivity index (χ2v) is 2.93. The van der Waals surface area contributed by atoms with E-state index in [0.29, 0.717) is 11.8 Å². The van der Waals surface area contributed by atoms with Gasteiger partial charge in [-0.1, -0.05) is 0 Å². The fourth-order valence-corrected chi connectivity index (χ4v) is 1.22. The van der Waals surface area contributed by atoms with Crippen molar-refractivity contribution in [1.29, 1.82) is 0 Å². The molecule has 0 aliphatic carbocycles. The molecule has 0 saturated heterocycles. The lowest BCUT2D eigenvalue weighted by molar-refractivity contribution is 0.112. The van der Waals surface area contributed by atoms with Crippen molar-refractivity contribution < 1.29 is 4.79 Å². The van der Waals surface area contributed by atoms with Crippen LogP contribution in [0.4, 0.5) is 0 Å². The summed E-state index contributed by atoms with van der Waals surface area (Å²) in [5.74, 6) is 0. The SMILES string of the molecule is O=Cc1c[nH]c2cnc(Cl)nc2c1=O. The number of halogens is 1. The molecule has 0 bridgehead atoms. The van der Waals surface area contributed by atoms with E-state index in [1.54, 1.807) is 0 Å². The fourth-order valence-electron chi connectivity index (χ4n) is 1.08. The molecule has 0 unspecified atom stereocenters. The zero-order chi connectivity index (χ0) is 10.1. The average molecular weight is 210 g/mol. The average Bonchev–Trinajstić information content (AvgIpc) is 2.20. The first-order valence-corrected chi connectivity index (χ1v) is 4.09. The number of nitrogens with zero attached hydrogens (tertiary/aromatic N) is 2. The zero-order valence-electron chi connectivity index (χ0n) is 6.82. The van der Waals surface area contributed by atoms with Crippen LogP contribution in [0.25, 0.3) is 11.0 Å². The highest BCUT2D eigenvalue weighted by Crippen LogP contribution is 2.06. The summed E-state index contributed by atoms with van der Waals surface area (Å²) >= 11 is 5.52. The maximum Gasteiger partial charge on any atom is 0.223 e. The van der Waals surface area contributed by atoms with Crippen LogP contribution in [0.2, 0.25) is 5.28 Å². The van der Waals surface area contributed by atoms with Gasteiger partial charge in [-0.05, 0) is 11.6 Å². The molecule has 0 amide bonds. The van der Waals surface area contributed by atoms with Crippen molar-refractivity contribution in [3.8, 4) is 0 Å². The van der Waals surface area contributed by atoms with Crippen molar-refractivity contribution in [2.45, 2.75) is 0 Å². The third kappa shape index (κ3) is 1.27. The van der Waals surface area contributed by atoms with Gasteiger partial charge in [0.15, 0.2) is 6.29 Å². The molecule has 0 radical (unpaired) electrons. The number of hydrogen-bond acceptors (Lipinski definition) is 4. The number of fused-ring (bicyclic) bond motifs is 1. The topological polar surface area (TPSA) is 75.7 Å². The number of aromatic amines is 1. The summed E-state index contributed by atoms with van der Waals surface area (Å²) in [5, 5.41) is -0.0222. The quantitative estimate of drug-likeness (QED) is 0.556. The Morgan fingerprint density at radius 1 is 1.50 bits per heavy atom. The molecule has 0 saturated carbocycles. The van der Waals surface area contributed by atoms with Crippen molar-refractivity contribution in [3.63, 3.8) is 0 Å². The van der Waals surface area contributed by atoms with Crippen molar-refractivity contribution in [3.05, 3.63) is 33.5 Å². The Bertz CT molecular complexity index is 564. The van der Waals surface area contributed by atoms with Crippen molar-refractivity contribution in [2.24, 2.45) is 0 Å². The summed E-state index contributed by atoms with van der Waals surface area (Å²) < 4.78 is 0. The Hall–Kier alpha value is -1.75. The van der Waals surface area contributed by atoms with Gasteiger partial charge in [0.25, 0.3) is 0 Å². The third-order valence-electron chi connectivity index (χ3n) is 1.75. The van der Waals surface area contributed by atoms with E-state index in [0.717, 1.165) is 0 Å². The molecule has 0 aliphatic heterocycles. The summed E-state index contributed by atoms with van der Waals surface area (Å²) in [5.41, 5.74) is 0.143. The molecule has 2 heterocycles. The number of pyridine rings is 1. The largest absolute Gasteiger partial charge is 0.358 e. The highest BCUT2D eigenvalue weighted by atomic mass is 35.5. The van der Waals surface area contributed by atoms with Gasteiger partial charge >= 0.3 is 0 Å². The van der Waals surface area contributed by atoms with Gasteiger partial charge < -0.3 is 4.98 Å². The van der Waals surface area contributed by atoms with Gasteiger partial charge in [0.2, 0.25) is 10.7 Å². The van der Waals surface area contributed by atoms with E-state index in [1.807, 2.05) is 0 Å². The number of rotatable bonds is 1. The van der Waals surface area contributed by atoms with E-state index in [-0.39, 0.29) is 16.4 Å². The Labute approximate surface area is 82.8 Å². The summed E-state index contributed by atoms with van der Waals surface area (Å²) in [6.07, 6.45) is 3.17. The minimum absolute atomic E-state index is 0.0206. The number of aromatic nitrogens is 3. The molecule has 70 valence electrons. The smallest absolute Gasteiger partial charge is 0.223 e. The molecule has 5 nitrogen and oxygen atoms in total. The first-order chi connectivity index (χ1) is 6.72. The predicted octanol–water partition coefficient (Wildman–Crippen LogP) is 0.784. The van der Waals surface area contributed by atoms with Crippen LogP contribution in [0.3, 0.4) is 0 Å². The van der Waals surface area contributed by atoms with Crippen LogP contribution in [0.1, 0.15) is 10.4 Å². The normalized spacial score (nSPS) is 10.4. The lowest BCUT2D eigenvalue weighted by atomic mass is 10.2. The number of carbonyl (C=O) groups is 1. The fraction of sp³-hybridized carbons (Fsp3) is 0. The van der Waals surface area contributed by atoms with E-state index in [4.69, 9.17) is 11.6 Å². The molecule has 2 rings (SSSR count). The first-order valence-electron chi connectivity index (χ1n) is 3.71. The molecule has 0 atom stereocenters. The van der Waals surface area contributed by atoms with Gasteiger partial charge in [0, 0.05) is 6.20 Å². The molecular weight excluding hydrogens is 206 g/mol. The summed E-state index contributed by atoms with van der Waals surface area (Å²) in [6.45, 7) is 0. The molecule has 14 heavy (non-hydrogen) atoms.